The number of rotatable bonds is 5. The number of anilines is 2. The lowest BCUT2D eigenvalue weighted by molar-refractivity contribution is 0.477. The minimum Gasteiger partial charge on any atom is -0.457 e. The number of ether oxygens (including phenoxy) is 1. The van der Waals surface area contributed by atoms with E-state index in [1.807, 2.05) is 12.1 Å². The number of nitrogens with zero attached hydrogens (tertiary/aromatic N) is 2. The summed E-state index contributed by atoms with van der Waals surface area (Å²) in [6.07, 6.45) is 1.66. The van der Waals surface area contributed by atoms with Crippen molar-refractivity contribution in [2.45, 2.75) is 0 Å². The van der Waals surface area contributed by atoms with Crippen LogP contribution in [0.3, 0.4) is 0 Å². The van der Waals surface area contributed by atoms with Crippen LogP contribution >= 0.6 is 11.3 Å². The molecular weight excluding hydrogens is 315 g/mol. The Morgan fingerprint density at radius 1 is 1.17 bits per heavy atom. The number of nitrogens with two attached hydrogens (primary N) is 1. The van der Waals surface area contributed by atoms with Gasteiger partial charge < -0.3 is 10.5 Å². The maximum absolute atomic E-state index is 13.1. The van der Waals surface area contributed by atoms with Crippen molar-refractivity contribution in [3.05, 3.63) is 65.3 Å². The van der Waals surface area contributed by atoms with E-state index < -0.39 is 0 Å². The first-order valence-electron chi connectivity index (χ1n) is 6.72. The van der Waals surface area contributed by atoms with Crippen molar-refractivity contribution in [3.63, 3.8) is 0 Å². The van der Waals surface area contributed by atoms with E-state index in [9.17, 15) is 4.39 Å². The molecule has 3 rings (SSSR count). The average molecular weight is 328 g/mol. The molecule has 3 aromatic rings. The van der Waals surface area contributed by atoms with Crippen LogP contribution in [0, 0.1) is 5.82 Å². The molecule has 116 valence electrons. The fourth-order valence-corrected chi connectivity index (χ4v) is 2.34. The van der Waals surface area contributed by atoms with E-state index in [1.54, 1.807) is 35.9 Å². The maximum Gasteiger partial charge on any atom is 0.205 e. The van der Waals surface area contributed by atoms with Gasteiger partial charge in [-0.25, -0.2) is 9.37 Å². The lowest BCUT2D eigenvalue weighted by atomic mass is 10.2. The molecule has 3 N–H and O–H groups in total. The van der Waals surface area contributed by atoms with Gasteiger partial charge >= 0.3 is 0 Å². The van der Waals surface area contributed by atoms with Crippen molar-refractivity contribution in [3.8, 4) is 11.5 Å². The van der Waals surface area contributed by atoms with Gasteiger partial charge in [-0.05, 0) is 42.0 Å². The number of thiazole rings is 1. The van der Waals surface area contributed by atoms with Crippen LogP contribution in [0.15, 0.2) is 59.0 Å². The number of nitrogen functional groups attached to an aromatic ring is 1. The third-order valence-corrected chi connectivity index (χ3v) is 3.57. The van der Waals surface area contributed by atoms with Crippen molar-refractivity contribution in [2.24, 2.45) is 5.10 Å². The zero-order valence-corrected chi connectivity index (χ0v) is 12.8. The highest BCUT2D eigenvalue weighted by atomic mass is 32.1. The van der Waals surface area contributed by atoms with Crippen molar-refractivity contribution in [1.29, 1.82) is 0 Å². The van der Waals surface area contributed by atoms with Crippen LogP contribution in [0.4, 0.5) is 15.3 Å². The molecule has 0 aliphatic rings. The molecule has 7 heteroatoms. The van der Waals surface area contributed by atoms with Gasteiger partial charge in [-0.2, -0.15) is 5.10 Å². The summed E-state index contributed by atoms with van der Waals surface area (Å²) in [5.74, 6) is 1.20. The summed E-state index contributed by atoms with van der Waals surface area (Å²) in [4.78, 5) is 4.03. The Hall–Kier alpha value is -2.93. The summed E-state index contributed by atoms with van der Waals surface area (Å²) in [6, 6.07) is 13.3. The highest BCUT2D eigenvalue weighted by molar-refractivity contribution is 7.14. The molecule has 0 fully saturated rings. The number of benzene rings is 2. The van der Waals surface area contributed by atoms with E-state index in [-0.39, 0.29) is 5.82 Å². The first kappa shape index (κ1) is 15.0. The van der Waals surface area contributed by atoms with Gasteiger partial charge in [0.15, 0.2) is 0 Å². The zero-order chi connectivity index (χ0) is 16.1. The molecule has 0 aliphatic carbocycles. The van der Waals surface area contributed by atoms with Crippen LogP contribution in [-0.2, 0) is 0 Å². The first-order valence-corrected chi connectivity index (χ1v) is 7.60. The van der Waals surface area contributed by atoms with Crippen molar-refractivity contribution >= 4 is 28.5 Å². The van der Waals surface area contributed by atoms with E-state index in [0.717, 1.165) is 5.56 Å². The SMILES string of the molecule is Nc1csc(NN=Cc2ccc(Oc3cccc(F)c3)cc2)n1. The van der Waals surface area contributed by atoms with Crippen LogP contribution in [0.25, 0.3) is 0 Å². The Morgan fingerprint density at radius 3 is 2.70 bits per heavy atom. The quantitative estimate of drug-likeness (QED) is 0.546. The van der Waals surface area contributed by atoms with Crippen LogP contribution in [0.5, 0.6) is 11.5 Å². The van der Waals surface area contributed by atoms with Crippen LogP contribution in [-0.4, -0.2) is 11.2 Å². The number of hydrazone groups is 1. The van der Waals surface area contributed by atoms with E-state index in [1.165, 1.54) is 23.5 Å². The highest BCUT2D eigenvalue weighted by Gasteiger charge is 1.99. The Labute approximate surface area is 136 Å². The van der Waals surface area contributed by atoms with Gasteiger partial charge in [0.25, 0.3) is 0 Å². The number of halogens is 1. The number of nitrogens with one attached hydrogen (secondary N) is 1. The van der Waals surface area contributed by atoms with E-state index >= 15 is 0 Å². The summed E-state index contributed by atoms with van der Waals surface area (Å²) in [5.41, 5.74) is 9.20. The second-order valence-corrected chi connectivity index (χ2v) is 5.43. The van der Waals surface area contributed by atoms with Gasteiger partial charge in [0.1, 0.15) is 23.1 Å². The van der Waals surface area contributed by atoms with Crippen LogP contribution in [0.2, 0.25) is 0 Å². The summed E-state index contributed by atoms with van der Waals surface area (Å²) in [7, 11) is 0. The van der Waals surface area contributed by atoms with Crippen LogP contribution < -0.4 is 15.9 Å². The summed E-state index contributed by atoms with van der Waals surface area (Å²) < 4.78 is 18.7. The molecule has 0 amide bonds. The molecule has 0 bridgehead atoms. The monoisotopic (exact) mass is 328 g/mol. The van der Waals surface area contributed by atoms with E-state index in [2.05, 4.69) is 15.5 Å². The molecule has 0 saturated carbocycles. The van der Waals surface area contributed by atoms with Crippen LogP contribution in [0.1, 0.15) is 5.56 Å². The molecule has 0 saturated heterocycles. The minimum atomic E-state index is -0.333. The molecule has 1 aromatic heterocycles. The standard InChI is InChI=1S/C16H13FN4OS/c17-12-2-1-3-14(8-12)22-13-6-4-11(5-7-13)9-19-21-16-20-15(18)10-23-16/h1-10H,18H2,(H,20,21). The first-order chi connectivity index (χ1) is 11.2. The zero-order valence-electron chi connectivity index (χ0n) is 11.9. The van der Waals surface area contributed by atoms with E-state index in [4.69, 9.17) is 10.5 Å². The highest BCUT2D eigenvalue weighted by Crippen LogP contribution is 2.22. The Balaban J connectivity index is 1.60. The molecule has 0 unspecified atom stereocenters. The second kappa shape index (κ2) is 6.89. The molecule has 0 spiro atoms. The Bertz CT molecular complexity index is 817. The summed E-state index contributed by atoms with van der Waals surface area (Å²) >= 11 is 1.38. The van der Waals surface area contributed by atoms with Gasteiger partial charge in [0.2, 0.25) is 5.13 Å². The fraction of sp³-hybridized carbons (Fsp3) is 0. The predicted octanol–water partition coefficient (Wildman–Crippen LogP) is 4.10. The topological polar surface area (TPSA) is 72.5 Å². The molecule has 0 radical (unpaired) electrons. The summed E-state index contributed by atoms with van der Waals surface area (Å²) in [5, 5.41) is 6.44. The average Bonchev–Trinajstić information content (AvgIpc) is 2.95. The molecule has 0 aliphatic heterocycles. The molecule has 2 aromatic carbocycles. The van der Waals surface area contributed by atoms with Gasteiger partial charge in [-0.1, -0.05) is 6.07 Å². The van der Waals surface area contributed by atoms with Gasteiger partial charge in [-0.3, -0.25) is 5.43 Å². The number of hydrogen-bond acceptors (Lipinski definition) is 6. The van der Waals surface area contributed by atoms with Crippen molar-refractivity contribution < 1.29 is 9.13 Å². The Kier molecular flexibility index (Phi) is 4.49. The lowest BCUT2D eigenvalue weighted by Gasteiger charge is -2.05. The van der Waals surface area contributed by atoms with E-state index in [0.29, 0.717) is 22.4 Å². The second-order valence-electron chi connectivity index (χ2n) is 4.58. The third-order valence-electron chi connectivity index (χ3n) is 2.81. The molecule has 1 heterocycles. The van der Waals surface area contributed by atoms with Gasteiger partial charge in [0, 0.05) is 11.4 Å². The molecule has 23 heavy (non-hydrogen) atoms. The van der Waals surface area contributed by atoms with Gasteiger partial charge in [0.05, 0.1) is 6.21 Å². The molecule has 0 atom stereocenters. The largest absolute Gasteiger partial charge is 0.457 e. The predicted molar refractivity (Wildman–Crippen MR) is 90.7 cm³/mol. The Morgan fingerprint density at radius 2 is 2.00 bits per heavy atom. The van der Waals surface area contributed by atoms with Gasteiger partial charge in [-0.15, -0.1) is 11.3 Å². The van der Waals surface area contributed by atoms with Crippen molar-refractivity contribution in [2.75, 3.05) is 11.2 Å². The fourth-order valence-electron chi connectivity index (χ4n) is 1.79. The molecule has 5 nitrogen and oxygen atoms in total. The number of hydrogen-bond donors (Lipinski definition) is 2. The normalized spacial score (nSPS) is 10.8. The maximum atomic E-state index is 13.1. The molecular formula is C16H13FN4OS. The summed E-state index contributed by atoms with van der Waals surface area (Å²) in [6.45, 7) is 0. The lowest BCUT2D eigenvalue weighted by Crippen LogP contribution is -1.91. The number of aromatic nitrogens is 1. The smallest absolute Gasteiger partial charge is 0.205 e. The van der Waals surface area contributed by atoms with Crippen molar-refractivity contribution in [1.82, 2.24) is 4.98 Å². The third kappa shape index (κ3) is 4.27. The minimum absolute atomic E-state index is 0.333.